The Morgan fingerprint density at radius 1 is 1.25 bits per heavy atom. The van der Waals surface area contributed by atoms with Crippen molar-refractivity contribution >= 4 is 61.0 Å². The predicted octanol–water partition coefficient (Wildman–Crippen LogP) is 4.92. The molecule has 0 aliphatic heterocycles. The maximum absolute atomic E-state index is 6.31. The Balaban J connectivity index is 2.39. The van der Waals surface area contributed by atoms with Crippen molar-refractivity contribution in [2.75, 3.05) is 0 Å². The summed E-state index contributed by atoms with van der Waals surface area (Å²) in [7, 11) is 0. The van der Waals surface area contributed by atoms with Crippen molar-refractivity contribution in [2.45, 2.75) is 13.8 Å². The van der Waals surface area contributed by atoms with Gasteiger partial charge < -0.3 is 4.52 Å². The van der Waals surface area contributed by atoms with Crippen molar-refractivity contribution in [2.24, 2.45) is 0 Å². The summed E-state index contributed by atoms with van der Waals surface area (Å²) in [6, 6.07) is 4.02. The molecule has 7 heteroatoms. The quantitative estimate of drug-likeness (QED) is 0.379. The topological polar surface area (TPSA) is 51.8 Å². The van der Waals surface area contributed by atoms with Gasteiger partial charge in [0.2, 0.25) is 0 Å². The highest BCUT2D eigenvalue weighted by Crippen LogP contribution is 2.36. The first-order chi connectivity index (χ1) is 9.47. The Morgan fingerprint density at radius 3 is 2.65 bits per heavy atom. The van der Waals surface area contributed by atoms with Crippen LogP contribution in [0.1, 0.15) is 11.4 Å². The summed E-state index contributed by atoms with van der Waals surface area (Å²) in [6.45, 7) is 3.75. The number of aromatic nitrogens is 3. The van der Waals surface area contributed by atoms with Crippen LogP contribution in [0.4, 0.5) is 0 Å². The zero-order valence-corrected chi connectivity index (χ0v) is 15.0. The molecule has 0 saturated carbocycles. The Labute approximate surface area is 142 Å². The van der Waals surface area contributed by atoms with Crippen molar-refractivity contribution in [1.82, 2.24) is 15.1 Å². The molecule has 0 amide bonds. The van der Waals surface area contributed by atoms with Crippen molar-refractivity contribution in [3.8, 4) is 11.5 Å². The van der Waals surface area contributed by atoms with E-state index in [2.05, 4.69) is 53.6 Å². The SMILES string of the molecule is Cc1noc(-c2c(Cl)nc3c(I)cc(Br)cc3c2C)n1. The molecule has 0 saturated heterocycles. The summed E-state index contributed by atoms with van der Waals surface area (Å²) in [5.74, 6) is 0.966. The lowest BCUT2D eigenvalue weighted by atomic mass is 10.1. The molecule has 0 aliphatic rings. The zero-order valence-electron chi connectivity index (χ0n) is 10.5. The van der Waals surface area contributed by atoms with Crippen LogP contribution in [0.5, 0.6) is 0 Å². The number of halogens is 3. The van der Waals surface area contributed by atoms with Crippen LogP contribution >= 0.6 is 50.1 Å². The third-order valence-corrected chi connectivity index (χ3v) is 4.52. The standard InChI is InChI=1S/C13H8BrClIN3O/c1-5-8-3-7(14)4-9(16)11(8)18-12(15)10(5)13-17-6(2)19-20-13/h3-4H,1-2H3. The molecule has 0 N–H and O–H groups in total. The van der Waals surface area contributed by atoms with Crippen molar-refractivity contribution < 1.29 is 4.52 Å². The maximum atomic E-state index is 6.31. The van der Waals surface area contributed by atoms with Gasteiger partial charge in [-0.25, -0.2) is 4.98 Å². The van der Waals surface area contributed by atoms with E-state index < -0.39 is 0 Å². The minimum absolute atomic E-state index is 0.374. The van der Waals surface area contributed by atoms with Crippen LogP contribution in [-0.2, 0) is 0 Å². The Hall–Kier alpha value is -0.730. The minimum atomic E-state index is 0.374. The first-order valence-electron chi connectivity index (χ1n) is 5.73. The summed E-state index contributed by atoms with van der Waals surface area (Å²) in [5, 5.41) is 5.19. The molecule has 102 valence electrons. The number of rotatable bonds is 1. The van der Waals surface area contributed by atoms with Crippen LogP contribution in [0.2, 0.25) is 5.15 Å². The molecule has 1 aromatic carbocycles. The molecular weight excluding hydrogens is 456 g/mol. The molecule has 0 bridgehead atoms. The fraction of sp³-hybridized carbons (Fsp3) is 0.154. The number of hydrogen-bond donors (Lipinski definition) is 0. The molecule has 0 spiro atoms. The second-order valence-electron chi connectivity index (χ2n) is 4.33. The summed E-state index contributed by atoms with van der Waals surface area (Å²) in [6.07, 6.45) is 0. The molecule has 0 fully saturated rings. The molecule has 2 heterocycles. The van der Waals surface area contributed by atoms with Crippen molar-refractivity contribution in [3.63, 3.8) is 0 Å². The summed E-state index contributed by atoms with van der Waals surface area (Å²) < 4.78 is 7.25. The molecule has 0 aliphatic carbocycles. The summed E-state index contributed by atoms with van der Waals surface area (Å²) >= 11 is 12.1. The lowest BCUT2D eigenvalue weighted by Gasteiger charge is -2.09. The lowest BCUT2D eigenvalue weighted by Crippen LogP contribution is -1.94. The second-order valence-corrected chi connectivity index (χ2v) is 6.77. The predicted molar refractivity (Wildman–Crippen MR) is 89.9 cm³/mol. The Morgan fingerprint density at radius 2 is 2.00 bits per heavy atom. The van der Waals surface area contributed by atoms with Gasteiger partial charge in [-0.1, -0.05) is 32.7 Å². The Kier molecular flexibility index (Phi) is 3.72. The van der Waals surface area contributed by atoms with E-state index in [0.29, 0.717) is 22.4 Å². The van der Waals surface area contributed by atoms with E-state index in [4.69, 9.17) is 16.1 Å². The third kappa shape index (κ3) is 2.33. The normalized spacial score (nSPS) is 11.2. The van der Waals surface area contributed by atoms with E-state index in [1.54, 1.807) is 6.92 Å². The first-order valence-corrected chi connectivity index (χ1v) is 7.98. The lowest BCUT2D eigenvalue weighted by molar-refractivity contribution is 0.425. The number of pyridine rings is 1. The van der Waals surface area contributed by atoms with Gasteiger partial charge in [0.05, 0.1) is 11.1 Å². The van der Waals surface area contributed by atoms with Crippen LogP contribution in [-0.4, -0.2) is 15.1 Å². The second kappa shape index (κ2) is 5.23. The van der Waals surface area contributed by atoms with E-state index in [1.807, 2.05) is 19.1 Å². The van der Waals surface area contributed by atoms with E-state index in [9.17, 15) is 0 Å². The number of benzene rings is 1. The van der Waals surface area contributed by atoms with Gasteiger partial charge in [0.25, 0.3) is 5.89 Å². The van der Waals surface area contributed by atoms with Gasteiger partial charge >= 0.3 is 0 Å². The third-order valence-electron chi connectivity index (χ3n) is 2.96. The van der Waals surface area contributed by atoms with Crippen LogP contribution in [0.15, 0.2) is 21.1 Å². The van der Waals surface area contributed by atoms with Gasteiger partial charge in [0.1, 0.15) is 5.15 Å². The van der Waals surface area contributed by atoms with Crippen LogP contribution in [0.3, 0.4) is 0 Å². The number of fused-ring (bicyclic) bond motifs is 1. The molecule has 2 aromatic heterocycles. The molecular formula is C13H8BrClIN3O. The number of aryl methyl sites for hydroxylation is 2. The zero-order chi connectivity index (χ0) is 14.4. The van der Waals surface area contributed by atoms with Gasteiger partial charge in [0.15, 0.2) is 5.82 Å². The van der Waals surface area contributed by atoms with E-state index in [1.165, 1.54) is 0 Å². The first kappa shape index (κ1) is 14.2. The number of nitrogens with zero attached hydrogens (tertiary/aromatic N) is 3. The maximum Gasteiger partial charge on any atom is 0.261 e. The van der Waals surface area contributed by atoms with E-state index in [-0.39, 0.29) is 0 Å². The molecule has 0 atom stereocenters. The average molecular weight is 464 g/mol. The number of hydrogen-bond acceptors (Lipinski definition) is 4. The van der Waals surface area contributed by atoms with Gasteiger partial charge in [-0.15, -0.1) is 0 Å². The van der Waals surface area contributed by atoms with Crippen LogP contribution in [0.25, 0.3) is 22.4 Å². The van der Waals surface area contributed by atoms with E-state index in [0.717, 1.165) is 24.5 Å². The smallest absolute Gasteiger partial charge is 0.261 e. The highest BCUT2D eigenvalue weighted by Gasteiger charge is 2.19. The molecule has 0 unspecified atom stereocenters. The highest BCUT2D eigenvalue weighted by atomic mass is 127. The highest BCUT2D eigenvalue weighted by molar-refractivity contribution is 14.1. The fourth-order valence-electron chi connectivity index (χ4n) is 2.06. The molecule has 0 radical (unpaired) electrons. The minimum Gasteiger partial charge on any atom is -0.334 e. The Bertz CT molecular complexity index is 834. The fourth-order valence-corrected chi connectivity index (χ4v) is 4.00. The molecule has 3 rings (SSSR count). The van der Waals surface area contributed by atoms with Gasteiger partial charge in [-0.05, 0) is 54.1 Å². The van der Waals surface area contributed by atoms with Gasteiger partial charge in [-0.2, -0.15) is 4.98 Å². The van der Waals surface area contributed by atoms with Gasteiger partial charge in [-0.3, -0.25) is 0 Å². The monoisotopic (exact) mass is 463 g/mol. The largest absolute Gasteiger partial charge is 0.334 e. The van der Waals surface area contributed by atoms with Crippen LogP contribution < -0.4 is 0 Å². The summed E-state index contributed by atoms with van der Waals surface area (Å²) in [4.78, 5) is 8.71. The molecule has 4 nitrogen and oxygen atoms in total. The van der Waals surface area contributed by atoms with Crippen molar-refractivity contribution in [3.05, 3.63) is 36.7 Å². The van der Waals surface area contributed by atoms with Crippen molar-refractivity contribution in [1.29, 1.82) is 0 Å². The summed E-state index contributed by atoms with van der Waals surface area (Å²) in [5.41, 5.74) is 2.54. The molecule has 20 heavy (non-hydrogen) atoms. The average Bonchev–Trinajstić information content (AvgIpc) is 2.78. The van der Waals surface area contributed by atoms with E-state index >= 15 is 0 Å². The van der Waals surface area contributed by atoms with Crippen LogP contribution in [0, 0.1) is 17.4 Å². The molecule has 3 aromatic rings. The van der Waals surface area contributed by atoms with Gasteiger partial charge in [0, 0.05) is 13.4 Å².